The Morgan fingerprint density at radius 3 is 2.70 bits per heavy atom. The minimum atomic E-state index is -0.383. The summed E-state index contributed by atoms with van der Waals surface area (Å²) in [7, 11) is 0. The first-order valence-electron chi connectivity index (χ1n) is 3.07. The van der Waals surface area contributed by atoms with E-state index in [-0.39, 0.29) is 12.3 Å². The number of carbonyl (C=O) groups excluding carboxylic acids is 2. The van der Waals surface area contributed by atoms with Gasteiger partial charge in [0.2, 0.25) is 5.91 Å². The van der Waals surface area contributed by atoms with Crippen LogP contribution in [0.1, 0.15) is 12.8 Å². The number of hydrogen-bond acceptors (Lipinski definition) is 3. The van der Waals surface area contributed by atoms with Crippen LogP contribution in [-0.4, -0.2) is 25.4 Å². The summed E-state index contributed by atoms with van der Waals surface area (Å²) in [5.74, 6) is -0.383. The van der Waals surface area contributed by atoms with Crippen molar-refractivity contribution in [3.8, 4) is 0 Å². The second-order valence-corrected chi connectivity index (χ2v) is 1.78. The Morgan fingerprint density at radius 2 is 2.20 bits per heavy atom. The van der Waals surface area contributed by atoms with E-state index in [1.54, 1.807) is 0 Å². The van der Waals surface area contributed by atoms with Crippen LogP contribution < -0.4 is 5.73 Å². The van der Waals surface area contributed by atoms with Gasteiger partial charge in [0, 0.05) is 12.8 Å². The van der Waals surface area contributed by atoms with Crippen molar-refractivity contribution in [1.82, 2.24) is 0 Å². The monoisotopic (exact) mass is 145 g/mol. The van der Waals surface area contributed by atoms with Crippen LogP contribution in [0.25, 0.3) is 0 Å². The zero-order chi connectivity index (χ0) is 7.82. The largest absolute Gasteiger partial charge is 0.380 e. The maximum atomic E-state index is 10.1. The Bertz CT molecular complexity index is 114. The molecule has 0 rings (SSSR count). The molecule has 4 nitrogen and oxygen atoms in total. The molecule has 0 radical (unpaired) electrons. The number of rotatable bonds is 6. The van der Waals surface area contributed by atoms with Crippen molar-refractivity contribution in [2.45, 2.75) is 12.8 Å². The number of ether oxygens (including phenoxy) is 1. The number of nitrogens with two attached hydrogens (primary N) is 1. The normalized spacial score (nSPS) is 9.20. The fraction of sp³-hybridized carbons (Fsp3) is 0.667. The summed E-state index contributed by atoms with van der Waals surface area (Å²) in [5, 5.41) is 0. The van der Waals surface area contributed by atoms with Gasteiger partial charge in [-0.15, -0.1) is 0 Å². The van der Waals surface area contributed by atoms with E-state index < -0.39 is 0 Å². The molecule has 0 spiro atoms. The molecule has 0 bridgehead atoms. The van der Waals surface area contributed by atoms with Crippen molar-refractivity contribution >= 4 is 12.2 Å². The molecule has 0 unspecified atom stereocenters. The minimum Gasteiger partial charge on any atom is -0.380 e. The predicted octanol–water partition coefficient (Wildman–Crippen LogP) is -0.533. The van der Waals surface area contributed by atoms with Crippen LogP contribution in [0.4, 0.5) is 0 Å². The SMILES string of the molecule is NC(=O)CCOCCC=O. The second-order valence-electron chi connectivity index (χ2n) is 1.78. The fourth-order valence-electron chi connectivity index (χ4n) is 0.406. The molecule has 0 aliphatic rings. The van der Waals surface area contributed by atoms with E-state index in [9.17, 15) is 9.59 Å². The zero-order valence-electron chi connectivity index (χ0n) is 5.71. The van der Waals surface area contributed by atoms with Gasteiger partial charge in [-0.05, 0) is 0 Å². The van der Waals surface area contributed by atoms with Crippen molar-refractivity contribution in [2.24, 2.45) is 5.73 Å². The molecular weight excluding hydrogens is 134 g/mol. The summed E-state index contributed by atoms with van der Waals surface area (Å²) < 4.78 is 4.85. The third-order valence-corrected chi connectivity index (χ3v) is 0.873. The van der Waals surface area contributed by atoms with Gasteiger partial charge < -0.3 is 15.3 Å². The Kier molecular flexibility index (Phi) is 5.66. The van der Waals surface area contributed by atoms with Gasteiger partial charge in [-0.1, -0.05) is 0 Å². The summed E-state index contributed by atoms with van der Waals surface area (Å²) in [5.41, 5.74) is 4.82. The lowest BCUT2D eigenvalue weighted by Gasteiger charge is -1.97. The smallest absolute Gasteiger partial charge is 0.219 e. The highest BCUT2D eigenvalue weighted by molar-refractivity contribution is 5.73. The van der Waals surface area contributed by atoms with Crippen LogP contribution in [0, 0.1) is 0 Å². The van der Waals surface area contributed by atoms with Crippen molar-refractivity contribution in [1.29, 1.82) is 0 Å². The molecule has 0 aliphatic heterocycles. The van der Waals surface area contributed by atoms with Gasteiger partial charge in [-0.2, -0.15) is 0 Å². The molecule has 10 heavy (non-hydrogen) atoms. The first-order valence-corrected chi connectivity index (χ1v) is 3.07. The van der Waals surface area contributed by atoms with E-state index in [0.29, 0.717) is 19.6 Å². The molecule has 0 aliphatic carbocycles. The number of hydrogen-bond donors (Lipinski definition) is 1. The molecule has 0 aromatic heterocycles. The van der Waals surface area contributed by atoms with E-state index >= 15 is 0 Å². The summed E-state index contributed by atoms with van der Waals surface area (Å²) in [6.45, 7) is 0.681. The fourth-order valence-corrected chi connectivity index (χ4v) is 0.406. The standard InChI is InChI=1S/C6H11NO3/c7-6(9)2-5-10-4-1-3-8/h3H,1-2,4-5H2,(H2,7,9). The quantitative estimate of drug-likeness (QED) is 0.403. The van der Waals surface area contributed by atoms with Crippen molar-refractivity contribution in [2.75, 3.05) is 13.2 Å². The van der Waals surface area contributed by atoms with E-state index in [2.05, 4.69) is 0 Å². The number of carbonyl (C=O) groups is 2. The van der Waals surface area contributed by atoms with Crippen LogP contribution in [0.5, 0.6) is 0 Å². The third-order valence-electron chi connectivity index (χ3n) is 0.873. The molecule has 58 valence electrons. The summed E-state index contributed by atoms with van der Waals surface area (Å²) in [6, 6.07) is 0. The van der Waals surface area contributed by atoms with Crippen LogP contribution in [0.15, 0.2) is 0 Å². The van der Waals surface area contributed by atoms with Crippen LogP contribution in [-0.2, 0) is 14.3 Å². The van der Waals surface area contributed by atoms with Gasteiger partial charge in [0.05, 0.1) is 13.2 Å². The Hall–Kier alpha value is -0.900. The van der Waals surface area contributed by atoms with Crippen LogP contribution >= 0.6 is 0 Å². The first-order chi connectivity index (χ1) is 4.77. The van der Waals surface area contributed by atoms with Gasteiger partial charge in [-0.25, -0.2) is 0 Å². The molecule has 0 heterocycles. The van der Waals surface area contributed by atoms with Gasteiger partial charge in [0.1, 0.15) is 6.29 Å². The predicted molar refractivity (Wildman–Crippen MR) is 35.3 cm³/mol. The molecule has 2 N–H and O–H groups in total. The minimum absolute atomic E-state index is 0.221. The molecule has 0 aromatic carbocycles. The van der Waals surface area contributed by atoms with Crippen LogP contribution in [0.2, 0.25) is 0 Å². The van der Waals surface area contributed by atoms with Crippen molar-refractivity contribution in [3.05, 3.63) is 0 Å². The maximum absolute atomic E-state index is 10.1. The number of amides is 1. The van der Waals surface area contributed by atoms with Gasteiger partial charge >= 0.3 is 0 Å². The third kappa shape index (κ3) is 7.10. The summed E-state index contributed by atoms with van der Waals surface area (Å²) in [6.07, 6.45) is 1.36. The second kappa shape index (κ2) is 6.22. The molecule has 0 saturated heterocycles. The average Bonchev–Trinajstić information content (AvgIpc) is 1.87. The van der Waals surface area contributed by atoms with Gasteiger partial charge in [0.25, 0.3) is 0 Å². The highest BCUT2D eigenvalue weighted by Gasteiger charge is 1.92. The van der Waals surface area contributed by atoms with E-state index in [0.717, 1.165) is 6.29 Å². The topological polar surface area (TPSA) is 69.4 Å². The van der Waals surface area contributed by atoms with E-state index in [4.69, 9.17) is 10.5 Å². The maximum Gasteiger partial charge on any atom is 0.219 e. The molecule has 4 heteroatoms. The lowest BCUT2D eigenvalue weighted by atomic mass is 10.4. The first kappa shape index (κ1) is 9.10. The molecule has 0 atom stereocenters. The van der Waals surface area contributed by atoms with E-state index in [1.807, 2.05) is 0 Å². The average molecular weight is 145 g/mol. The highest BCUT2D eigenvalue weighted by atomic mass is 16.5. The molecule has 1 amide bonds. The van der Waals surface area contributed by atoms with Gasteiger partial charge in [-0.3, -0.25) is 4.79 Å². The molecule has 0 aromatic rings. The number of aldehydes is 1. The number of primary amides is 1. The molecule has 0 saturated carbocycles. The lowest BCUT2D eigenvalue weighted by molar-refractivity contribution is -0.119. The van der Waals surface area contributed by atoms with Crippen LogP contribution in [0.3, 0.4) is 0 Å². The molecular formula is C6H11NO3. The summed E-state index contributed by atoms with van der Waals surface area (Å²) >= 11 is 0. The lowest BCUT2D eigenvalue weighted by Crippen LogP contribution is -2.13. The van der Waals surface area contributed by atoms with E-state index in [1.165, 1.54) is 0 Å². The van der Waals surface area contributed by atoms with Crippen molar-refractivity contribution < 1.29 is 14.3 Å². The van der Waals surface area contributed by atoms with Gasteiger partial charge in [0.15, 0.2) is 0 Å². The summed E-state index contributed by atoms with van der Waals surface area (Å²) in [4.78, 5) is 19.8. The van der Waals surface area contributed by atoms with Crippen molar-refractivity contribution in [3.63, 3.8) is 0 Å². The zero-order valence-corrected chi connectivity index (χ0v) is 5.71. The Morgan fingerprint density at radius 1 is 1.50 bits per heavy atom. The Balaban J connectivity index is 2.90. The Labute approximate surface area is 59.3 Å². The molecule has 0 fully saturated rings. The highest BCUT2D eigenvalue weighted by Crippen LogP contribution is 1.82.